The van der Waals surface area contributed by atoms with Gasteiger partial charge in [-0.3, -0.25) is 0 Å². The molecule has 2 heterocycles. The third-order valence-corrected chi connectivity index (χ3v) is 3.83. The van der Waals surface area contributed by atoms with Crippen molar-refractivity contribution < 1.29 is 9.47 Å². The molecule has 2 saturated heterocycles. The minimum absolute atomic E-state index is 0.482. The maximum atomic E-state index is 5.96. The largest absolute Gasteiger partial charge is 0.375 e. The van der Waals surface area contributed by atoms with Gasteiger partial charge in [0.05, 0.1) is 24.4 Å². The Balaban J connectivity index is 1.70. The zero-order chi connectivity index (χ0) is 10.7. The standard InChI is InChI=1S/C13H24O2/c1-3-10-5-7-12(14-10)9-13-8-6-11(4-2)15-13/h10-13H,3-9H2,1-2H3. The summed E-state index contributed by atoms with van der Waals surface area (Å²) >= 11 is 0. The predicted molar refractivity (Wildman–Crippen MR) is 61.0 cm³/mol. The Morgan fingerprint density at radius 2 is 1.13 bits per heavy atom. The van der Waals surface area contributed by atoms with Crippen LogP contribution in [0, 0.1) is 0 Å². The molecule has 0 aliphatic carbocycles. The average molecular weight is 212 g/mol. The number of rotatable bonds is 4. The van der Waals surface area contributed by atoms with Gasteiger partial charge in [0.1, 0.15) is 0 Å². The van der Waals surface area contributed by atoms with Crippen LogP contribution in [-0.2, 0) is 9.47 Å². The summed E-state index contributed by atoms with van der Waals surface area (Å²) in [6.07, 6.45) is 10.5. The molecule has 0 amide bonds. The Labute approximate surface area is 93.3 Å². The molecule has 0 bridgehead atoms. The van der Waals surface area contributed by atoms with Crippen LogP contribution in [0.3, 0.4) is 0 Å². The third-order valence-electron chi connectivity index (χ3n) is 3.83. The zero-order valence-electron chi connectivity index (χ0n) is 10.1. The summed E-state index contributed by atoms with van der Waals surface area (Å²) in [5.74, 6) is 0. The molecule has 2 rings (SSSR count). The minimum Gasteiger partial charge on any atom is -0.375 e. The van der Waals surface area contributed by atoms with Gasteiger partial charge in [0, 0.05) is 0 Å². The van der Waals surface area contributed by atoms with Crippen LogP contribution in [-0.4, -0.2) is 24.4 Å². The molecule has 0 aromatic heterocycles. The number of ether oxygens (including phenoxy) is 2. The van der Waals surface area contributed by atoms with E-state index in [-0.39, 0.29) is 0 Å². The molecule has 88 valence electrons. The first-order chi connectivity index (χ1) is 7.31. The van der Waals surface area contributed by atoms with Crippen molar-refractivity contribution in [2.45, 2.75) is 83.2 Å². The summed E-state index contributed by atoms with van der Waals surface area (Å²) < 4.78 is 11.9. The molecule has 0 aromatic rings. The normalized spacial score (nSPS) is 41.2. The average Bonchev–Trinajstić information content (AvgIpc) is 2.87. The molecule has 4 unspecified atom stereocenters. The highest BCUT2D eigenvalue weighted by Gasteiger charge is 2.30. The van der Waals surface area contributed by atoms with E-state index >= 15 is 0 Å². The summed E-state index contributed by atoms with van der Waals surface area (Å²) in [5, 5.41) is 0. The van der Waals surface area contributed by atoms with Crippen LogP contribution in [0.2, 0.25) is 0 Å². The first-order valence-electron chi connectivity index (χ1n) is 6.62. The Kier molecular flexibility index (Phi) is 4.04. The van der Waals surface area contributed by atoms with Crippen molar-refractivity contribution in [3.63, 3.8) is 0 Å². The number of hydrogen-bond donors (Lipinski definition) is 0. The van der Waals surface area contributed by atoms with Crippen LogP contribution < -0.4 is 0 Å². The highest BCUT2D eigenvalue weighted by molar-refractivity contribution is 4.80. The highest BCUT2D eigenvalue weighted by atomic mass is 16.5. The van der Waals surface area contributed by atoms with E-state index in [2.05, 4.69) is 13.8 Å². The summed E-state index contributed by atoms with van der Waals surface area (Å²) in [5.41, 5.74) is 0. The molecule has 2 fully saturated rings. The molecule has 2 nitrogen and oxygen atoms in total. The minimum atomic E-state index is 0.482. The van der Waals surface area contributed by atoms with E-state index < -0.39 is 0 Å². The molecule has 15 heavy (non-hydrogen) atoms. The fourth-order valence-electron chi connectivity index (χ4n) is 2.80. The van der Waals surface area contributed by atoms with E-state index in [1.54, 1.807) is 0 Å². The predicted octanol–water partition coefficient (Wildman–Crippen LogP) is 3.29. The second-order valence-corrected chi connectivity index (χ2v) is 4.97. The van der Waals surface area contributed by atoms with Crippen molar-refractivity contribution in [1.82, 2.24) is 0 Å². The molecule has 2 aliphatic heterocycles. The van der Waals surface area contributed by atoms with E-state index in [0.29, 0.717) is 24.4 Å². The summed E-state index contributed by atoms with van der Waals surface area (Å²) in [6, 6.07) is 0. The van der Waals surface area contributed by atoms with Crippen molar-refractivity contribution >= 4 is 0 Å². The van der Waals surface area contributed by atoms with Gasteiger partial charge in [-0.1, -0.05) is 13.8 Å². The molecular formula is C13H24O2. The third kappa shape index (κ3) is 2.94. The van der Waals surface area contributed by atoms with Crippen molar-refractivity contribution in [3.8, 4) is 0 Å². The maximum absolute atomic E-state index is 5.96. The summed E-state index contributed by atoms with van der Waals surface area (Å²) in [7, 11) is 0. The lowest BCUT2D eigenvalue weighted by molar-refractivity contribution is -0.0162. The quantitative estimate of drug-likeness (QED) is 0.712. The first kappa shape index (κ1) is 11.4. The van der Waals surface area contributed by atoms with Crippen molar-refractivity contribution in [2.24, 2.45) is 0 Å². The highest BCUT2D eigenvalue weighted by Crippen LogP contribution is 2.30. The molecule has 2 aliphatic rings. The van der Waals surface area contributed by atoms with Gasteiger partial charge in [0.15, 0.2) is 0 Å². The fraction of sp³-hybridized carbons (Fsp3) is 1.00. The van der Waals surface area contributed by atoms with E-state index in [0.717, 1.165) is 6.42 Å². The molecule has 0 spiro atoms. The Bertz CT molecular complexity index is 173. The topological polar surface area (TPSA) is 18.5 Å². The smallest absolute Gasteiger partial charge is 0.0604 e. The van der Waals surface area contributed by atoms with Gasteiger partial charge in [-0.15, -0.1) is 0 Å². The second kappa shape index (κ2) is 5.31. The van der Waals surface area contributed by atoms with E-state index in [1.165, 1.54) is 38.5 Å². The van der Waals surface area contributed by atoms with Crippen LogP contribution in [0.1, 0.15) is 58.8 Å². The van der Waals surface area contributed by atoms with Gasteiger partial charge >= 0.3 is 0 Å². The van der Waals surface area contributed by atoms with Crippen LogP contribution in [0.4, 0.5) is 0 Å². The maximum Gasteiger partial charge on any atom is 0.0604 e. The molecule has 0 saturated carbocycles. The van der Waals surface area contributed by atoms with E-state index in [9.17, 15) is 0 Å². The van der Waals surface area contributed by atoms with Crippen molar-refractivity contribution in [2.75, 3.05) is 0 Å². The van der Waals surface area contributed by atoms with Gasteiger partial charge in [-0.25, -0.2) is 0 Å². The van der Waals surface area contributed by atoms with Crippen molar-refractivity contribution in [3.05, 3.63) is 0 Å². The SMILES string of the molecule is CCC1CCC(CC2CCC(CC)O2)O1. The lowest BCUT2D eigenvalue weighted by Crippen LogP contribution is -2.19. The van der Waals surface area contributed by atoms with Gasteiger partial charge < -0.3 is 9.47 Å². The lowest BCUT2D eigenvalue weighted by Gasteiger charge is -2.17. The lowest BCUT2D eigenvalue weighted by atomic mass is 10.1. The Morgan fingerprint density at radius 3 is 1.47 bits per heavy atom. The molecule has 4 atom stereocenters. The van der Waals surface area contributed by atoms with Gasteiger partial charge in [-0.05, 0) is 44.9 Å². The molecule has 0 N–H and O–H groups in total. The Hall–Kier alpha value is -0.0800. The molecular weight excluding hydrogens is 188 g/mol. The van der Waals surface area contributed by atoms with Crippen molar-refractivity contribution in [1.29, 1.82) is 0 Å². The van der Waals surface area contributed by atoms with Crippen LogP contribution in [0.25, 0.3) is 0 Å². The fourth-order valence-corrected chi connectivity index (χ4v) is 2.80. The van der Waals surface area contributed by atoms with Gasteiger partial charge in [0.2, 0.25) is 0 Å². The van der Waals surface area contributed by atoms with Gasteiger partial charge in [-0.2, -0.15) is 0 Å². The van der Waals surface area contributed by atoms with Crippen LogP contribution in [0.5, 0.6) is 0 Å². The monoisotopic (exact) mass is 212 g/mol. The molecule has 2 heteroatoms. The van der Waals surface area contributed by atoms with Crippen LogP contribution in [0.15, 0.2) is 0 Å². The van der Waals surface area contributed by atoms with Crippen LogP contribution >= 0.6 is 0 Å². The van der Waals surface area contributed by atoms with Gasteiger partial charge in [0.25, 0.3) is 0 Å². The number of hydrogen-bond acceptors (Lipinski definition) is 2. The second-order valence-electron chi connectivity index (χ2n) is 4.97. The van der Waals surface area contributed by atoms with E-state index in [4.69, 9.17) is 9.47 Å². The first-order valence-corrected chi connectivity index (χ1v) is 6.62. The van der Waals surface area contributed by atoms with E-state index in [1.807, 2.05) is 0 Å². The summed E-state index contributed by atoms with van der Waals surface area (Å²) in [6.45, 7) is 4.43. The summed E-state index contributed by atoms with van der Waals surface area (Å²) in [4.78, 5) is 0. The molecule has 0 aromatic carbocycles. The molecule has 0 radical (unpaired) electrons. The zero-order valence-corrected chi connectivity index (χ0v) is 10.1. The Morgan fingerprint density at radius 1 is 0.733 bits per heavy atom.